The van der Waals surface area contributed by atoms with Crippen molar-refractivity contribution in [2.24, 2.45) is 5.90 Å². The van der Waals surface area contributed by atoms with Crippen molar-refractivity contribution in [3.8, 4) is 0 Å². The van der Waals surface area contributed by atoms with Gasteiger partial charge >= 0.3 is 0 Å². The lowest BCUT2D eigenvalue weighted by Crippen LogP contribution is -2.29. The third-order valence-corrected chi connectivity index (χ3v) is 0.514. The zero-order valence-electron chi connectivity index (χ0n) is 4.39. The number of carbonyl (C=O) groups is 1. The van der Waals surface area contributed by atoms with Crippen LogP contribution in [0.2, 0.25) is 0 Å². The second-order valence-electron chi connectivity index (χ2n) is 1.12. The van der Waals surface area contributed by atoms with Gasteiger partial charge in [0.05, 0.1) is 7.85 Å². The van der Waals surface area contributed by atoms with Gasteiger partial charge in [-0.2, -0.15) is 0 Å². The third-order valence-electron chi connectivity index (χ3n) is 0.514. The van der Waals surface area contributed by atoms with Crippen LogP contribution in [0.3, 0.4) is 0 Å². The van der Waals surface area contributed by atoms with Crippen molar-refractivity contribution < 1.29 is 9.63 Å². The highest BCUT2D eigenvalue weighted by molar-refractivity contribution is 6.10. The van der Waals surface area contributed by atoms with Gasteiger partial charge in [-0.15, -0.1) is 0 Å². The molecule has 0 aromatic heterocycles. The Bertz CT molecular complexity index is 69.7. The minimum absolute atomic E-state index is 0.113. The maximum absolute atomic E-state index is 10.2. The normalized spacial score (nSPS) is 8.62. The maximum atomic E-state index is 10.2. The third kappa shape index (κ3) is 3.64. The van der Waals surface area contributed by atoms with Crippen LogP contribution in [0.15, 0.2) is 0 Å². The molecule has 2 radical (unpaired) electrons. The van der Waals surface area contributed by atoms with Gasteiger partial charge in [0.1, 0.15) is 6.61 Å². The molecule has 0 aromatic rings. The Morgan fingerprint density at radius 2 is 2.50 bits per heavy atom. The lowest BCUT2D eigenvalue weighted by Gasteiger charge is -1.97. The summed E-state index contributed by atoms with van der Waals surface area (Å²) in [5.74, 6) is 4.25. The van der Waals surface area contributed by atoms with Gasteiger partial charge in [-0.25, -0.2) is 5.90 Å². The first-order valence-electron chi connectivity index (χ1n) is 2.09. The van der Waals surface area contributed by atoms with Crippen LogP contribution in [0.1, 0.15) is 0 Å². The van der Waals surface area contributed by atoms with Gasteiger partial charge in [0, 0.05) is 0 Å². The quantitative estimate of drug-likeness (QED) is 0.333. The molecular weight excluding hydrogens is 107 g/mol. The number of rotatable bonds is 3. The fourth-order valence-corrected chi connectivity index (χ4v) is 0.241. The smallest absolute Gasteiger partial charge is 0.247 e. The van der Waals surface area contributed by atoms with Crippen LogP contribution in [-0.4, -0.2) is 26.8 Å². The molecule has 0 unspecified atom stereocenters. The molecule has 0 aliphatic carbocycles. The average Bonchev–Trinajstić information content (AvgIpc) is 1.68. The van der Waals surface area contributed by atoms with Crippen LogP contribution in [0.5, 0.6) is 0 Å². The number of hydrogen-bond donors (Lipinski definition) is 2. The summed E-state index contributed by atoms with van der Waals surface area (Å²) in [6, 6.07) is 0. The molecule has 0 saturated heterocycles. The summed E-state index contributed by atoms with van der Waals surface area (Å²) in [6.45, 7) is -0.142. The van der Waals surface area contributed by atoms with Crippen molar-refractivity contribution in [2.75, 3.05) is 13.1 Å². The Kier molecular flexibility index (Phi) is 4.30. The second-order valence-corrected chi connectivity index (χ2v) is 1.12. The molecule has 0 aliphatic heterocycles. The fraction of sp³-hybridized carbons (Fsp3) is 0.667. The van der Waals surface area contributed by atoms with E-state index in [4.69, 9.17) is 7.85 Å². The molecular formula is C3H7BN2O2. The predicted octanol–water partition coefficient (Wildman–Crippen LogP) is -1.88. The van der Waals surface area contributed by atoms with Gasteiger partial charge in [-0.3, -0.25) is 9.63 Å². The Labute approximate surface area is 48.7 Å². The molecule has 0 atom stereocenters. The van der Waals surface area contributed by atoms with Crippen LogP contribution in [0.25, 0.3) is 0 Å². The molecule has 0 aromatic carbocycles. The molecule has 8 heavy (non-hydrogen) atoms. The summed E-state index contributed by atoms with van der Waals surface area (Å²) in [6.07, 6.45) is 0.113. The molecule has 0 saturated carbocycles. The van der Waals surface area contributed by atoms with E-state index in [9.17, 15) is 4.79 Å². The molecule has 1 amide bonds. The minimum Gasteiger partial charge on any atom is -0.363 e. The van der Waals surface area contributed by atoms with Crippen molar-refractivity contribution in [3.63, 3.8) is 0 Å². The summed E-state index contributed by atoms with van der Waals surface area (Å²) < 4.78 is 0. The average molecular weight is 114 g/mol. The SMILES string of the molecule is [B]CNC(=O)CON. The predicted molar refractivity (Wildman–Crippen MR) is 28.9 cm³/mol. The molecule has 0 spiro atoms. The fourth-order valence-electron chi connectivity index (χ4n) is 0.241. The van der Waals surface area contributed by atoms with Gasteiger partial charge in [0.15, 0.2) is 0 Å². The molecule has 3 N–H and O–H groups in total. The molecule has 0 fully saturated rings. The van der Waals surface area contributed by atoms with E-state index in [1.807, 2.05) is 0 Å². The lowest BCUT2D eigenvalue weighted by atomic mass is 10.2. The van der Waals surface area contributed by atoms with E-state index in [2.05, 4.69) is 16.1 Å². The van der Waals surface area contributed by atoms with Crippen LogP contribution in [0.4, 0.5) is 0 Å². The van der Waals surface area contributed by atoms with Gasteiger partial charge in [0.2, 0.25) is 5.91 Å². The zero-order chi connectivity index (χ0) is 6.41. The number of hydrogen-bond acceptors (Lipinski definition) is 3. The lowest BCUT2D eigenvalue weighted by molar-refractivity contribution is -0.125. The first-order valence-corrected chi connectivity index (χ1v) is 2.09. The van der Waals surface area contributed by atoms with E-state index in [-0.39, 0.29) is 19.0 Å². The van der Waals surface area contributed by atoms with Crippen molar-refractivity contribution in [3.05, 3.63) is 0 Å². The molecule has 0 heterocycles. The highest BCUT2D eigenvalue weighted by Crippen LogP contribution is 1.61. The molecule has 0 aliphatic rings. The Morgan fingerprint density at radius 3 is 2.88 bits per heavy atom. The summed E-state index contributed by atoms with van der Waals surface area (Å²) in [4.78, 5) is 14.2. The molecule has 4 nitrogen and oxygen atoms in total. The number of carbonyl (C=O) groups excluding carboxylic acids is 1. The van der Waals surface area contributed by atoms with Gasteiger partial charge in [0.25, 0.3) is 0 Å². The summed E-state index contributed by atoms with van der Waals surface area (Å²) in [5.41, 5.74) is 0. The molecule has 0 bridgehead atoms. The number of amides is 1. The highest BCUT2D eigenvalue weighted by Gasteiger charge is 1.93. The van der Waals surface area contributed by atoms with Crippen molar-refractivity contribution in [1.82, 2.24) is 5.32 Å². The monoisotopic (exact) mass is 114 g/mol. The van der Waals surface area contributed by atoms with Crippen molar-refractivity contribution in [1.29, 1.82) is 0 Å². The number of nitrogens with one attached hydrogen (secondary N) is 1. The van der Waals surface area contributed by atoms with E-state index >= 15 is 0 Å². The van der Waals surface area contributed by atoms with Crippen LogP contribution in [0, 0.1) is 0 Å². The van der Waals surface area contributed by atoms with E-state index in [0.717, 1.165) is 0 Å². The topological polar surface area (TPSA) is 64.3 Å². The van der Waals surface area contributed by atoms with E-state index in [1.165, 1.54) is 0 Å². The second kappa shape index (κ2) is 4.61. The standard InChI is InChI=1S/C3H7BN2O2/c4-2-6-3(7)1-8-5/h1-2,5H2,(H,6,7). The van der Waals surface area contributed by atoms with E-state index in [0.29, 0.717) is 0 Å². The summed E-state index contributed by atoms with van der Waals surface area (Å²) in [7, 11) is 4.93. The van der Waals surface area contributed by atoms with E-state index in [1.54, 1.807) is 0 Å². The van der Waals surface area contributed by atoms with Crippen LogP contribution in [-0.2, 0) is 9.63 Å². The molecule has 44 valence electrons. The highest BCUT2D eigenvalue weighted by atomic mass is 16.6. The van der Waals surface area contributed by atoms with Gasteiger partial charge < -0.3 is 5.32 Å². The van der Waals surface area contributed by atoms with Gasteiger partial charge in [-0.05, 0) is 6.44 Å². The first kappa shape index (κ1) is 7.45. The van der Waals surface area contributed by atoms with Crippen molar-refractivity contribution >= 4 is 13.8 Å². The Morgan fingerprint density at radius 1 is 1.88 bits per heavy atom. The maximum Gasteiger partial charge on any atom is 0.247 e. The summed E-state index contributed by atoms with van der Waals surface area (Å²) in [5, 5.41) is 2.28. The van der Waals surface area contributed by atoms with Crippen LogP contribution >= 0.6 is 0 Å². The first-order chi connectivity index (χ1) is 3.81. The Balaban J connectivity index is 3.06. The minimum atomic E-state index is -0.310. The van der Waals surface area contributed by atoms with E-state index < -0.39 is 0 Å². The van der Waals surface area contributed by atoms with Crippen molar-refractivity contribution in [2.45, 2.75) is 0 Å². The Hall–Kier alpha value is -0.545. The summed E-state index contributed by atoms with van der Waals surface area (Å²) >= 11 is 0. The molecule has 5 heteroatoms. The molecule has 0 rings (SSSR count). The number of nitrogens with two attached hydrogens (primary N) is 1. The largest absolute Gasteiger partial charge is 0.363 e. The van der Waals surface area contributed by atoms with Gasteiger partial charge in [-0.1, -0.05) is 0 Å². The van der Waals surface area contributed by atoms with Crippen LogP contribution < -0.4 is 11.2 Å². The zero-order valence-corrected chi connectivity index (χ0v) is 4.39.